The van der Waals surface area contributed by atoms with E-state index in [2.05, 4.69) is 5.32 Å². The summed E-state index contributed by atoms with van der Waals surface area (Å²) in [5, 5.41) is 3.52. The zero-order chi connectivity index (χ0) is 10.4. The van der Waals surface area contributed by atoms with E-state index in [0.717, 1.165) is 12.3 Å². The number of hydrogen-bond donors (Lipinski definition) is 2. The number of carbonyl (C=O) groups is 1. The standard InChI is InChI=1S/C9H18N2OS2.ClH/c1-7(10)4-9(12)11-5-8-6-13-2-3-14-8;/h7-8H,2-6,10H2,1H3,(H,11,12);1H. The van der Waals surface area contributed by atoms with Crippen LogP contribution in [0.5, 0.6) is 0 Å². The van der Waals surface area contributed by atoms with Crippen molar-refractivity contribution in [1.82, 2.24) is 5.32 Å². The average Bonchev–Trinajstić information content (AvgIpc) is 2.15. The predicted octanol–water partition coefficient (Wildman–Crippen LogP) is 1.11. The lowest BCUT2D eigenvalue weighted by molar-refractivity contribution is -0.121. The first-order valence-electron chi connectivity index (χ1n) is 4.90. The van der Waals surface area contributed by atoms with Gasteiger partial charge in [0.2, 0.25) is 5.91 Å². The van der Waals surface area contributed by atoms with Gasteiger partial charge in [-0.15, -0.1) is 12.4 Å². The fourth-order valence-electron chi connectivity index (χ4n) is 1.25. The van der Waals surface area contributed by atoms with Crippen LogP contribution < -0.4 is 11.1 Å². The van der Waals surface area contributed by atoms with Crippen LogP contribution >= 0.6 is 35.9 Å². The van der Waals surface area contributed by atoms with Crippen molar-refractivity contribution in [2.75, 3.05) is 23.8 Å². The van der Waals surface area contributed by atoms with Gasteiger partial charge < -0.3 is 11.1 Å². The van der Waals surface area contributed by atoms with Crippen LogP contribution in [0, 0.1) is 0 Å². The largest absolute Gasteiger partial charge is 0.355 e. The maximum atomic E-state index is 11.3. The molecule has 6 heteroatoms. The Balaban J connectivity index is 0.00000196. The lowest BCUT2D eigenvalue weighted by Crippen LogP contribution is -2.36. The van der Waals surface area contributed by atoms with Crippen LogP contribution in [0.4, 0.5) is 0 Å². The molecule has 0 aromatic rings. The third kappa shape index (κ3) is 7.33. The highest BCUT2D eigenvalue weighted by atomic mass is 35.5. The summed E-state index contributed by atoms with van der Waals surface area (Å²) < 4.78 is 0. The van der Waals surface area contributed by atoms with Gasteiger partial charge in [0, 0.05) is 41.5 Å². The Hall–Kier alpha value is 0.420. The zero-order valence-electron chi connectivity index (χ0n) is 8.90. The molecule has 0 spiro atoms. The molecule has 1 heterocycles. The topological polar surface area (TPSA) is 55.1 Å². The van der Waals surface area contributed by atoms with Gasteiger partial charge in [-0.2, -0.15) is 23.5 Å². The van der Waals surface area contributed by atoms with Crippen molar-refractivity contribution >= 4 is 41.8 Å². The molecule has 0 aromatic heterocycles. The van der Waals surface area contributed by atoms with E-state index in [0.29, 0.717) is 11.7 Å². The molecule has 0 bridgehead atoms. The van der Waals surface area contributed by atoms with Gasteiger partial charge in [0.25, 0.3) is 0 Å². The lowest BCUT2D eigenvalue weighted by atomic mass is 10.2. The zero-order valence-corrected chi connectivity index (χ0v) is 11.4. The van der Waals surface area contributed by atoms with Crippen molar-refractivity contribution < 1.29 is 4.79 Å². The fourth-order valence-corrected chi connectivity index (χ4v) is 3.86. The van der Waals surface area contributed by atoms with Gasteiger partial charge in [-0.25, -0.2) is 0 Å². The van der Waals surface area contributed by atoms with Crippen molar-refractivity contribution in [2.45, 2.75) is 24.6 Å². The van der Waals surface area contributed by atoms with Crippen molar-refractivity contribution in [2.24, 2.45) is 5.73 Å². The van der Waals surface area contributed by atoms with Crippen LogP contribution in [0.15, 0.2) is 0 Å². The molecule has 0 saturated carbocycles. The van der Waals surface area contributed by atoms with E-state index in [1.807, 2.05) is 30.4 Å². The number of nitrogens with two attached hydrogens (primary N) is 1. The van der Waals surface area contributed by atoms with E-state index in [1.54, 1.807) is 0 Å². The number of amides is 1. The summed E-state index contributed by atoms with van der Waals surface area (Å²) in [5.41, 5.74) is 5.53. The number of halogens is 1. The number of carbonyl (C=O) groups excluding carboxylic acids is 1. The highest BCUT2D eigenvalue weighted by molar-refractivity contribution is 8.06. The molecular formula is C9H19ClN2OS2. The van der Waals surface area contributed by atoms with Crippen LogP contribution in [0.25, 0.3) is 0 Å². The molecule has 1 amide bonds. The normalized spacial score (nSPS) is 22.7. The smallest absolute Gasteiger partial charge is 0.221 e. The molecule has 0 aliphatic carbocycles. The Morgan fingerprint density at radius 3 is 2.87 bits per heavy atom. The fraction of sp³-hybridized carbons (Fsp3) is 0.889. The second kappa shape index (κ2) is 8.56. The second-order valence-corrected chi connectivity index (χ2v) is 6.11. The molecular weight excluding hydrogens is 252 g/mol. The highest BCUT2D eigenvalue weighted by Crippen LogP contribution is 2.23. The maximum Gasteiger partial charge on any atom is 0.221 e. The summed E-state index contributed by atoms with van der Waals surface area (Å²) in [4.78, 5) is 11.3. The second-order valence-electron chi connectivity index (χ2n) is 3.55. The monoisotopic (exact) mass is 270 g/mol. The van der Waals surface area contributed by atoms with Crippen molar-refractivity contribution in [3.63, 3.8) is 0 Å². The number of rotatable bonds is 4. The van der Waals surface area contributed by atoms with Gasteiger partial charge in [-0.3, -0.25) is 4.79 Å². The van der Waals surface area contributed by atoms with E-state index in [4.69, 9.17) is 5.73 Å². The predicted molar refractivity (Wildman–Crippen MR) is 72.1 cm³/mol. The molecule has 1 rings (SSSR count). The highest BCUT2D eigenvalue weighted by Gasteiger charge is 2.15. The van der Waals surface area contributed by atoms with E-state index < -0.39 is 0 Å². The third-order valence-electron chi connectivity index (χ3n) is 1.92. The first kappa shape index (κ1) is 15.4. The van der Waals surface area contributed by atoms with Gasteiger partial charge in [-0.05, 0) is 6.92 Å². The third-order valence-corrected chi connectivity index (χ3v) is 4.76. The molecule has 2 unspecified atom stereocenters. The Bertz CT molecular complexity index is 187. The lowest BCUT2D eigenvalue weighted by Gasteiger charge is -2.21. The molecule has 1 aliphatic rings. The molecule has 1 saturated heterocycles. The van der Waals surface area contributed by atoms with Gasteiger partial charge >= 0.3 is 0 Å². The summed E-state index contributed by atoms with van der Waals surface area (Å²) in [6, 6.07) is -0.0385. The molecule has 90 valence electrons. The van der Waals surface area contributed by atoms with Crippen LogP contribution in [-0.2, 0) is 4.79 Å². The SMILES string of the molecule is CC(N)CC(=O)NCC1CSCCS1.Cl. The average molecular weight is 271 g/mol. The molecule has 2 atom stereocenters. The summed E-state index contributed by atoms with van der Waals surface area (Å²) in [6.07, 6.45) is 0.435. The Labute approximate surface area is 106 Å². The maximum absolute atomic E-state index is 11.3. The van der Waals surface area contributed by atoms with E-state index >= 15 is 0 Å². The van der Waals surface area contributed by atoms with Gasteiger partial charge in [0.15, 0.2) is 0 Å². The van der Waals surface area contributed by atoms with Crippen LogP contribution in [-0.4, -0.2) is 41.0 Å². The van der Waals surface area contributed by atoms with Crippen molar-refractivity contribution in [3.05, 3.63) is 0 Å². The minimum absolute atomic E-state index is 0. The van der Waals surface area contributed by atoms with Gasteiger partial charge in [0.1, 0.15) is 0 Å². The first-order valence-corrected chi connectivity index (χ1v) is 7.10. The Morgan fingerprint density at radius 1 is 1.60 bits per heavy atom. The molecule has 3 N–H and O–H groups in total. The van der Waals surface area contributed by atoms with Crippen LogP contribution in [0.3, 0.4) is 0 Å². The van der Waals surface area contributed by atoms with Crippen LogP contribution in [0.1, 0.15) is 13.3 Å². The summed E-state index contributed by atoms with van der Waals surface area (Å²) in [7, 11) is 0. The van der Waals surface area contributed by atoms with Crippen molar-refractivity contribution in [3.8, 4) is 0 Å². The molecule has 1 aliphatic heterocycles. The van der Waals surface area contributed by atoms with Gasteiger partial charge in [-0.1, -0.05) is 0 Å². The minimum atomic E-state index is -0.0385. The number of hydrogen-bond acceptors (Lipinski definition) is 4. The quantitative estimate of drug-likeness (QED) is 0.804. The summed E-state index contributed by atoms with van der Waals surface area (Å²) >= 11 is 3.93. The summed E-state index contributed by atoms with van der Waals surface area (Å²) in [5.74, 6) is 3.69. The molecule has 3 nitrogen and oxygen atoms in total. The van der Waals surface area contributed by atoms with E-state index in [-0.39, 0.29) is 24.4 Å². The Morgan fingerprint density at radius 2 is 2.33 bits per heavy atom. The van der Waals surface area contributed by atoms with Gasteiger partial charge in [0.05, 0.1) is 0 Å². The number of thioether (sulfide) groups is 2. The summed E-state index contributed by atoms with van der Waals surface area (Å²) in [6.45, 7) is 2.65. The molecule has 0 aromatic carbocycles. The first-order chi connectivity index (χ1) is 6.68. The Kier molecular flexibility index (Phi) is 8.80. The van der Waals surface area contributed by atoms with Crippen LogP contribution in [0.2, 0.25) is 0 Å². The minimum Gasteiger partial charge on any atom is -0.355 e. The van der Waals surface area contributed by atoms with E-state index in [9.17, 15) is 4.79 Å². The molecule has 15 heavy (non-hydrogen) atoms. The molecule has 0 radical (unpaired) electrons. The number of nitrogens with one attached hydrogen (secondary N) is 1. The van der Waals surface area contributed by atoms with E-state index in [1.165, 1.54) is 11.5 Å². The van der Waals surface area contributed by atoms with Crippen molar-refractivity contribution in [1.29, 1.82) is 0 Å². The molecule has 1 fully saturated rings.